The van der Waals surface area contributed by atoms with Gasteiger partial charge in [-0.3, -0.25) is 4.72 Å². The van der Waals surface area contributed by atoms with Crippen molar-refractivity contribution in [3.05, 3.63) is 48.3 Å². The zero-order valence-electron chi connectivity index (χ0n) is 10.6. The van der Waals surface area contributed by atoms with Crippen LogP contribution in [0.15, 0.2) is 47.4 Å². The number of sulfonamides is 1. The zero-order valence-corrected chi connectivity index (χ0v) is 11.4. The first kappa shape index (κ1) is 14.1. The number of anilines is 2. The molecule has 5 nitrogen and oxygen atoms in total. The van der Waals surface area contributed by atoms with Crippen LogP contribution in [0.25, 0.3) is 0 Å². The molecule has 106 valence electrons. The minimum absolute atomic E-state index is 0.0393. The smallest absolute Gasteiger partial charge is 0.261 e. The maximum atomic E-state index is 13.3. The summed E-state index contributed by atoms with van der Waals surface area (Å²) in [5.41, 5.74) is 6.18. The van der Waals surface area contributed by atoms with Gasteiger partial charge in [-0.05, 0) is 36.4 Å². The Kier molecular flexibility index (Phi) is 3.80. The van der Waals surface area contributed by atoms with Gasteiger partial charge in [0.2, 0.25) is 0 Å². The summed E-state index contributed by atoms with van der Waals surface area (Å²) in [6.07, 6.45) is 0. The third kappa shape index (κ3) is 3.00. The lowest BCUT2D eigenvalue weighted by molar-refractivity contribution is 0.387. The van der Waals surface area contributed by atoms with E-state index >= 15 is 0 Å². The summed E-state index contributed by atoms with van der Waals surface area (Å²) in [5.74, 6) is -0.606. The topological polar surface area (TPSA) is 81.4 Å². The quantitative estimate of drug-likeness (QED) is 0.848. The molecule has 2 aromatic carbocycles. The van der Waals surface area contributed by atoms with Crippen molar-refractivity contribution in [1.29, 1.82) is 0 Å². The Morgan fingerprint density at radius 2 is 1.80 bits per heavy atom. The molecule has 7 heteroatoms. The molecule has 0 atom stereocenters. The number of benzene rings is 2. The molecule has 0 aliphatic heterocycles. The molecule has 2 rings (SSSR count). The molecule has 20 heavy (non-hydrogen) atoms. The van der Waals surface area contributed by atoms with Gasteiger partial charge in [0, 0.05) is 11.8 Å². The van der Waals surface area contributed by atoms with Crippen molar-refractivity contribution in [1.82, 2.24) is 0 Å². The van der Waals surface area contributed by atoms with Gasteiger partial charge in [-0.2, -0.15) is 0 Å². The highest BCUT2D eigenvalue weighted by atomic mass is 32.2. The van der Waals surface area contributed by atoms with Crippen LogP contribution in [0.1, 0.15) is 0 Å². The number of nitrogens with two attached hydrogens (primary N) is 1. The van der Waals surface area contributed by atoms with E-state index in [1.54, 1.807) is 0 Å². The molecule has 0 aliphatic carbocycles. The fourth-order valence-electron chi connectivity index (χ4n) is 1.58. The standard InChI is InChI=1S/C13H13FN2O3S/c1-19-13-8-10(4-7-12(13)14)16-20(17,18)11-5-2-9(15)3-6-11/h2-8,16H,15H2,1H3. The Hall–Kier alpha value is -2.28. The van der Waals surface area contributed by atoms with Crippen LogP contribution in [-0.2, 0) is 10.0 Å². The maximum absolute atomic E-state index is 13.3. The van der Waals surface area contributed by atoms with Gasteiger partial charge in [0.1, 0.15) is 0 Å². The Bertz CT molecular complexity index is 715. The van der Waals surface area contributed by atoms with Crippen molar-refractivity contribution >= 4 is 21.4 Å². The van der Waals surface area contributed by atoms with Crippen LogP contribution in [-0.4, -0.2) is 15.5 Å². The Morgan fingerprint density at radius 1 is 1.15 bits per heavy atom. The number of nitrogens with one attached hydrogen (secondary N) is 1. The van der Waals surface area contributed by atoms with Gasteiger partial charge in [0.05, 0.1) is 17.7 Å². The fourth-order valence-corrected chi connectivity index (χ4v) is 2.63. The first-order valence-corrected chi connectivity index (χ1v) is 7.12. The molecule has 0 unspecified atom stereocenters. The van der Waals surface area contributed by atoms with Gasteiger partial charge in [0.25, 0.3) is 10.0 Å². The molecule has 0 amide bonds. The average molecular weight is 296 g/mol. The van der Waals surface area contributed by atoms with Crippen molar-refractivity contribution in [2.45, 2.75) is 4.90 Å². The normalized spacial score (nSPS) is 11.1. The SMILES string of the molecule is COc1cc(NS(=O)(=O)c2ccc(N)cc2)ccc1F. The van der Waals surface area contributed by atoms with E-state index in [1.165, 1.54) is 43.5 Å². The second-order valence-corrected chi connectivity index (χ2v) is 5.71. The molecule has 0 spiro atoms. The molecule has 0 radical (unpaired) electrons. The van der Waals surface area contributed by atoms with E-state index in [9.17, 15) is 12.8 Å². The van der Waals surface area contributed by atoms with E-state index in [2.05, 4.69) is 4.72 Å². The second kappa shape index (κ2) is 5.38. The summed E-state index contributed by atoms with van der Waals surface area (Å²) in [7, 11) is -2.45. The lowest BCUT2D eigenvalue weighted by atomic mass is 10.3. The predicted octanol–water partition coefficient (Wildman–Crippen LogP) is 2.22. The van der Waals surface area contributed by atoms with Gasteiger partial charge in [-0.1, -0.05) is 0 Å². The monoisotopic (exact) mass is 296 g/mol. The van der Waals surface area contributed by atoms with Crippen molar-refractivity contribution < 1.29 is 17.5 Å². The number of hydrogen-bond donors (Lipinski definition) is 2. The molecule has 2 aromatic rings. The van der Waals surface area contributed by atoms with Crippen LogP contribution in [0.5, 0.6) is 5.75 Å². The summed E-state index contributed by atoms with van der Waals surface area (Å²) in [6, 6.07) is 9.45. The highest BCUT2D eigenvalue weighted by Gasteiger charge is 2.15. The number of ether oxygens (including phenoxy) is 1. The minimum Gasteiger partial charge on any atom is -0.494 e. The summed E-state index contributed by atoms with van der Waals surface area (Å²) in [6.45, 7) is 0. The second-order valence-electron chi connectivity index (χ2n) is 4.02. The molecule has 0 aliphatic rings. The molecular formula is C13H13FN2O3S. The van der Waals surface area contributed by atoms with E-state index in [-0.39, 0.29) is 16.3 Å². The summed E-state index contributed by atoms with van der Waals surface area (Å²) in [5, 5.41) is 0. The summed E-state index contributed by atoms with van der Waals surface area (Å²) < 4.78 is 44.6. The van der Waals surface area contributed by atoms with Crippen LogP contribution in [0, 0.1) is 5.82 Å². The van der Waals surface area contributed by atoms with Crippen LogP contribution >= 0.6 is 0 Å². The average Bonchev–Trinajstić information content (AvgIpc) is 2.41. The predicted molar refractivity (Wildman–Crippen MR) is 74.6 cm³/mol. The van der Waals surface area contributed by atoms with Crippen molar-refractivity contribution in [2.24, 2.45) is 0 Å². The largest absolute Gasteiger partial charge is 0.494 e. The highest BCUT2D eigenvalue weighted by molar-refractivity contribution is 7.92. The van der Waals surface area contributed by atoms with Gasteiger partial charge in [0.15, 0.2) is 11.6 Å². The molecule has 0 bridgehead atoms. The van der Waals surface area contributed by atoms with Crippen LogP contribution in [0.2, 0.25) is 0 Å². The molecule has 0 heterocycles. The number of methoxy groups -OCH3 is 1. The van der Waals surface area contributed by atoms with Crippen LogP contribution in [0.3, 0.4) is 0 Å². The van der Waals surface area contributed by atoms with Gasteiger partial charge in [-0.25, -0.2) is 12.8 Å². The van der Waals surface area contributed by atoms with E-state index in [1.807, 2.05) is 0 Å². The number of hydrogen-bond acceptors (Lipinski definition) is 4. The fraction of sp³-hybridized carbons (Fsp3) is 0.0769. The molecule has 0 aromatic heterocycles. The summed E-state index contributed by atoms with van der Waals surface area (Å²) in [4.78, 5) is 0.0648. The van der Waals surface area contributed by atoms with Gasteiger partial charge in [-0.15, -0.1) is 0 Å². The first-order chi connectivity index (χ1) is 9.42. The number of halogens is 1. The highest BCUT2D eigenvalue weighted by Crippen LogP contribution is 2.24. The van der Waals surface area contributed by atoms with Crippen molar-refractivity contribution in [3.8, 4) is 5.75 Å². The zero-order chi connectivity index (χ0) is 14.8. The third-order valence-electron chi connectivity index (χ3n) is 2.59. The van der Waals surface area contributed by atoms with Crippen molar-refractivity contribution in [3.63, 3.8) is 0 Å². The Balaban J connectivity index is 2.30. The third-order valence-corrected chi connectivity index (χ3v) is 3.99. The van der Waals surface area contributed by atoms with Gasteiger partial charge < -0.3 is 10.5 Å². The number of nitrogen functional groups attached to an aromatic ring is 1. The Labute approximate surface area is 116 Å². The van der Waals surface area contributed by atoms with Crippen molar-refractivity contribution in [2.75, 3.05) is 17.6 Å². The van der Waals surface area contributed by atoms with Gasteiger partial charge >= 0.3 is 0 Å². The molecule has 0 saturated heterocycles. The van der Waals surface area contributed by atoms with Crippen LogP contribution in [0.4, 0.5) is 15.8 Å². The van der Waals surface area contributed by atoms with E-state index < -0.39 is 15.8 Å². The Morgan fingerprint density at radius 3 is 2.40 bits per heavy atom. The molecule has 0 saturated carbocycles. The lowest BCUT2D eigenvalue weighted by Gasteiger charge is -2.10. The van der Waals surface area contributed by atoms with E-state index in [4.69, 9.17) is 10.5 Å². The maximum Gasteiger partial charge on any atom is 0.261 e. The van der Waals surface area contributed by atoms with Crippen LogP contribution < -0.4 is 15.2 Å². The van der Waals surface area contributed by atoms with E-state index in [0.717, 1.165) is 6.07 Å². The molecular weight excluding hydrogens is 283 g/mol. The lowest BCUT2D eigenvalue weighted by Crippen LogP contribution is -2.13. The van der Waals surface area contributed by atoms with E-state index in [0.29, 0.717) is 5.69 Å². The molecule has 0 fully saturated rings. The number of rotatable bonds is 4. The minimum atomic E-state index is -3.75. The first-order valence-electron chi connectivity index (χ1n) is 5.64. The molecule has 3 N–H and O–H groups in total. The summed E-state index contributed by atoms with van der Waals surface area (Å²) >= 11 is 0.